The van der Waals surface area contributed by atoms with Gasteiger partial charge in [0.2, 0.25) is 0 Å². The molecule has 1 saturated heterocycles. The highest BCUT2D eigenvalue weighted by atomic mass is 15.3. The molecule has 3 heteroatoms. The topological polar surface area (TPSA) is 18.5 Å². The van der Waals surface area contributed by atoms with Crippen LogP contribution in [0, 0.1) is 11.3 Å². The molecule has 0 aromatic heterocycles. The van der Waals surface area contributed by atoms with Gasteiger partial charge in [-0.3, -0.25) is 9.80 Å². The summed E-state index contributed by atoms with van der Waals surface area (Å²) in [5.74, 6) is 0.827. The van der Waals surface area contributed by atoms with Gasteiger partial charge in [0.25, 0.3) is 0 Å². The lowest BCUT2D eigenvalue weighted by Crippen LogP contribution is -2.56. The molecule has 0 amide bonds. The SMILES string of the molecule is CCNC1C(CN2CC(C)N(C)C(C)C2)CCC1(C)C. The number of rotatable bonds is 4. The van der Waals surface area contributed by atoms with Crippen molar-refractivity contribution in [1.29, 1.82) is 0 Å². The van der Waals surface area contributed by atoms with Crippen molar-refractivity contribution in [2.24, 2.45) is 11.3 Å². The van der Waals surface area contributed by atoms with Crippen molar-refractivity contribution in [3.8, 4) is 0 Å². The molecule has 2 fully saturated rings. The summed E-state index contributed by atoms with van der Waals surface area (Å²) in [6.07, 6.45) is 2.76. The van der Waals surface area contributed by atoms with Crippen LogP contribution < -0.4 is 5.32 Å². The van der Waals surface area contributed by atoms with Crippen molar-refractivity contribution in [1.82, 2.24) is 15.1 Å². The van der Waals surface area contributed by atoms with Crippen molar-refractivity contribution in [3.63, 3.8) is 0 Å². The van der Waals surface area contributed by atoms with Gasteiger partial charge in [0.15, 0.2) is 0 Å². The second kappa shape index (κ2) is 6.33. The van der Waals surface area contributed by atoms with Gasteiger partial charge in [-0.25, -0.2) is 0 Å². The van der Waals surface area contributed by atoms with Crippen molar-refractivity contribution in [3.05, 3.63) is 0 Å². The molecule has 1 heterocycles. The molecule has 1 aliphatic heterocycles. The third kappa shape index (κ3) is 3.37. The van der Waals surface area contributed by atoms with E-state index in [1.54, 1.807) is 0 Å². The summed E-state index contributed by atoms with van der Waals surface area (Å²) in [6.45, 7) is 16.7. The Hall–Kier alpha value is -0.120. The Balaban J connectivity index is 1.96. The summed E-state index contributed by atoms with van der Waals surface area (Å²) in [4.78, 5) is 5.24. The Kier molecular flexibility index (Phi) is 5.14. The second-order valence-electron chi connectivity index (χ2n) is 7.90. The minimum Gasteiger partial charge on any atom is -0.313 e. The van der Waals surface area contributed by atoms with Gasteiger partial charge >= 0.3 is 0 Å². The first-order valence-electron chi connectivity index (χ1n) is 8.52. The fourth-order valence-electron chi connectivity index (χ4n) is 4.37. The first-order chi connectivity index (χ1) is 9.35. The molecule has 2 aliphatic rings. The Morgan fingerprint density at radius 2 is 1.75 bits per heavy atom. The quantitative estimate of drug-likeness (QED) is 0.854. The van der Waals surface area contributed by atoms with Crippen LogP contribution in [0.1, 0.15) is 47.5 Å². The van der Waals surface area contributed by atoms with Crippen LogP contribution >= 0.6 is 0 Å². The van der Waals surface area contributed by atoms with E-state index in [1.807, 2.05) is 0 Å². The Bertz CT molecular complexity index is 303. The van der Waals surface area contributed by atoms with Crippen LogP contribution in [0.2, 0.25) is 0 Å². The standard InChI is InChI=1S/C17H35N3/c1-7-18-16-15(8-9-17(16,4)5)12-20-10-13(2)19(6)14(3)11-20/h13-16,18H,7-12H2,1-6H3. The fraction of sp³-hybridized carbons (Fsp3) is 1.00. The predicted octanol–water partition coefficient (Wildman–Crippen LogP) is 2.43. The second-order valence-corrected chi connectivity index (χ2v) is 7.90. The van der Waals surface area contributed by atoms with Crippen molar-refractivity contribution < 1.29 is 0 Å². The smallest absolute Gasteiger partial charge is 0.0195 e. The lowest BCUT2D eigenvalue weighted by atomic mass is 9.84. The maximum atomic E-state index is 3.77. The Labute approximate surface area is 126 Å². The molecular formula is C17H35N3. The summed E-state index contributed by atoms with van der Waals surface area (Å²) in [7, 11) is 2.27. The summed E-state index contributed by atoms with van der Waals surface area (Å²) in [6, 6.07) is 2.06. The van der Waals surface area contributed by atoms with Gasteiger partial charge in [-0.05, 0) is 51.6 Å². The van der Waals surface area contributed by atoms with Crippen molar-refractivity contribution in [2.45, 2.75) is 65.6 Å². The van der Waals surface area contributed by atoms with Crippen LogP contribution in [-0.2, 0) is 0 Å². The van der Waals surface area contributed by atoms with Gasteiger partial charge < -0.3 is 5.32 Å². The zero-order chi connectivity index (χ0) is 14.9. The Morgan fingerprint density at radius 3 is 2.30 bits per heavy atom. The highest BCUT2D eigenvalue weighted by Gasteiger charge is 2.42. The van der Waals surface area contributed by atoms with E-state index in [9.17, 15) is 0 Å². The number of nitrogens with one attached hydrogen (secondary N) is 1. The molecule has 0 aromatic carbocycles. The van der Waals surface area contributed by atoms with E-state index in [1.165, 1.54) is 32.5 Å². The fourth-order valence-corrected chi connectivity index (χ4v) is 4.37. The summed E-state index contributed by atoms with van der Waals surface area (Å²) in [5.41, 5.74) is 0.463. The van der Waals surface area contributed by atoms with Crippen LogP contribution in [0.4, 0.5) is 0 Å². The normalized spacial score (nSPS) is 39.3. The van der Waals surface area contributed by atoms with Crippen LogP contribution in [0.15, 0.2) is 0 Å². The Morgan fingerprint density at radius 1 is 1.15 bits per heavy atom. The van der Waals surface area contributed by atoms with Crippen LogP contribution in [0.25, 0.3) is 0 Å². The molecule has 2 rings (SSSR count). The number of hydrogen-bond acceptors (Lipinski definition) is 3. The summed E-state index contributed by atoms with van der Waals surface area (Å²) < 4.78 is 0. The minimum absolute atomic E-state index is 0.463. The minimum atomic E-state index is 0.463. The molecule has 3 nitrogen and oxygen atoms in total. The summed E-state index contributed by atoms with van der Waals surface area (Å²) in [5, 5.41) is 3.77. The molecule has 0 radical (unpaired) electrons. The maximum Gasteiger partial charge on any atom is 0.0195 e. The van der Waals surface area contributed by atoms with Crippen LogP contribution in [0.3, 0.4) is 0 Å². The molecule has 0 aromatic rings. The molecule has 20 heavy (non-hydrogen) atoms. The monoisotopic (exact) mass is 281 g/mol. The molecule has 118 valence electrons. The van der Waals surface area contributed by atoms with E-state index in [-0.39, 0.29) is 0 Å². The zero-order valence-electron chi connectivity index (χ0n) is 14.4. The predicted molar refractivity (Wildman–Crippen MR) is 87.1 cm³/mol. The van der Waals surface area contributed by atoms with E-state index in [4.69, 9.17) is 0 Å². The first kappa shape index (κ1) is 16.3. The van der Waals surface area contributed by atoms with Gasteiger partial charge in [0.05, 0.1) is 0 Å². The molecule has 4 unspecified atom stereocenters. The van der Waals surface area contributed by atoms with E-state index >= 15 is 0 Å². The molecule has 0 bridgehead atoms. The third-order valence-corrected chi connectivity index (χ3v) is 5.82. The number of nitrogens with zero attached hydrogens (tertiary/aromatic N) is 2. The maximum absolute atomic E-state index is 3.77. The molecular weight excluding hydrogens is 246 g/mol. The highest BCUT2D eigenvalue weighted by Crippen LogP contribution is 2.41. The average molecular weight is 281 g/mol. The van der Waals surface area contributed by atoms with Gasteiger partial charge in [0, 0.05) is 37.8 Å². The molecule has 4 atom stereocenters. The molecule has 1 aliphatic carbocycles. The van der Waals surface area contributed by atoms with E-state index in [0.717, 1.165) is 12.5 Å². The van der Waals surface area contributed by atoms with Crippen LogP contribution in [-0.4, -0.2) is 61.2 Å². The van der Waals surface area contributed by atoms with Crippen molar-refractivity contribution >= 4 is 0 Å². The molecule has 1 saturated carbocycles. The van der Waals surface area contributed by atoms with E-state index in [0.29, 0.717) is 23.5 Å². The van der Waals surface area contributed by atoms with Gasteiger partial charge in [-0.2, -0.15) is 0 Å². The molecule has 1 N–H and O–H groups in total. The van der Waals surface area contributed by atoms with E-state index < -0.39 is 0 Å². The van der Waals surface area contributed by atoms with Crippen molar-refractivity contribution in [2.75, 3.05) is 33.2 Å². The van der Waals surface area contributed by atoms with E-state index in [2.05, 4.69) is 56.8 Å². The zero-order valence-corrected chi connectivity index (χ0v) is 14.4. The number of likely N-dealkylation sites (N-methyl/N-ethyl adjacent to an activating group) is 1. The largest absolute Gasteiger partial charge is 0.313 e. The van der Waals surface area contributed by atoms with Gasteiger partial charge in [0.1, 0.15) is 0 Å². The van der Waals surface area contributed by atoms with Crippen LogP contribution in [0.5, 0.6) is 0 Å². The third-order valence-electron chi connectivity index (χ3n) is 5.82. The first-order valence-corrected chi connectivity index (χ1v) is 8.52. The molecule has 0 spiro atoms. The highest BCUT2D eigenvalue weighted by molar-refractivity contribution is 4.98. The van der Waals surface area contributed by atoms with Gasteiger partial charge in [-0.15, -0.1) is 0 Å². The number of piperazine rings is 1. The average Bonchev–Trinajstić information content (AvgIpc) is 2.64. The summed E-state index contributed by atoms with van der Waals surface area (Å²) >= 11 is 0. The number of hydrogen-bond donors (Lipinski definition) is 1. The lowest BCUT2D eigenvalue weighted by molar-refractivity contribution is 0.0464. The van der Waals surface area contributed by atoms with Gasteiger partial charge in [-0.1, -0.05) is 20.8 Å². The lowest BCUT2D eigenvalue weighted by Gasteiger charge is -2.44.